The van der Waals surface area contributed by atoms with Crippen molar-refractivity contribution in [3.63, 3.8) is 0 Å². The number of likely N-dealkylation sites (N-methyl/N-ethyl adjacent to an activating group) is 1. The van der Waals surface area contributed by atoms with Crippen LogP contribution in [0.25, 0.3) is 0 Å². The Kier molecular flexibility index (Phi) is 4.81. The summed E-state index contributed by atoms with van der Waals surface area (Å²) in [6.07, 6.45) is 0. The number of carbonyl (C=O) groups excluding carboxylic acids is 1. The van der Waals surface area contributed by atoms with Gasteiger partial charge in [-0.05, 0) is 32.9 Å². The van der Waals surface area contributed by atoms with E-state index in [9.17, 15) is 9.59 Å². The van der Waals surface area contributed by atoms with Gasteiger partial charge in [-0.3, -0.25) is 0 Å². The van der Waals surface area contributed by atoms with Gasteiger partial charge in [-0.1, -0.05) is 11.6 Å². The van der Waals surface area contributed by atoms with Crippen LogP contribution in [0.2, 0.25) is 4.34 Å². The normalized spacial score (nSPS) is 12.9. The highest BCUT2D eigenvalue weighted by Gasteiger charge is 2.35. The highest BCUT2D eigenvalue weighted by Crippen LogP contribution is 2.27. The number of nitrogens with one attached hydrogen (secondary N) is 1. The molecule has 0 spiro atoms. The summed E-state index contributed by atoms with van der Waals surface area (Å²) in [7, 11) is 1.46. The first-order chi connectivity index (χ1) is 8.66. The van der Waals surface area contributed by atoms with E-state index >= 15 is 0 Å². The predicted octanol–water partition coefficient (Wildman–Crippen LogP) is 2.97. The van der Waals surface area contributed by atoms with Crippen LogP contribution in [0.4, 0.5) is 4.79 Å². The number of aliphatic carboxylic acids is 1. The highest BCUT2D eigenvalue weighted by molar-refractivity contribution is 7.16. The molecule has 0 fully saturated rings. The summed E-state index contributed by atoms with van der Waals surface area (Å²) in [5.41, 5.74) is -1.27. The molecule has 0 aliphatic rings. The number of halogens is 1. The maximum atomic E-state index is 12.0. The van der Waals surface area contributed by atoms with Gasteiger partial charge >= 0.3 is 12.0 Å². The number of carbonyl (C=O) groups is 2. The van der Waals surface area contributed by atoms with Crippen molar-refractivity contribution >= 4 is 34.9 Å². The van der Waals surface area contributed by atoms with Crippen molar-refractivity contribution < 1.29 is 14.7 Å². The van der Waals surface area contributed by atoms with Crippen molar-refractivity contribution in [2.75, 3.05) is 7.05 Å². The summed E-state index contributed by atoms with van der Waals surface area (Å²) < 4.78 is 0.648. The van der Waals surface area contributed by atoms with Crippen LogP contribution in [0.5, 0.6) is 0 Å². The molecule has 0 radical (unpaired) electrons. The minimum Gasteiger partial charge on any atom is -0.480 e. The molecule has 2 N–H and O–H groups in total. The lowest BCUT2D eigenvalue weighted by Crippen LogP contribution is -2.54. The molecule has 1 heterocycles. The van der Waals surface area contributed by atoms with E-state index in [0.717, 1.165) is 4.88 Å². The number of carboxylic acid groups (broad SMARTS) is 1. The van der Waals surface area contributed by atoms with Gasteiger partial charge in [-0.2, -0.15) is 0 Å². The van der Waals surface area contributed by atoms with Gasteiger partial charge in [0.25, 0.3) is 0 Å². The molecule has 106 valence electrons. The van der Waals surface area contributed by atoms with Crippen molar-refractivity contribution in [1.29, 1.82) is 0 Å². The summed E-state index contributed by atoms with van der Waals surface area (Å²) >= 11 is 7.21. The van der Waals surface area contributed by atoms with Crippen LogP contribution in [0, 0.1) is 0 Å². The minimum absolute atomic E-state index is 0.225. The Morgan fingerprint density at radius 2 is 2.05 bits per heavy atom. The molecule has 7 heteroatoms. The fourth-order valence-corrected chi connectivity index (χ4v) is 2.37. The lowest BCUT2D eigenvalue weighted by atomic mass is 10.0. The number of hydrogen-bond acceptors (Lipinski definition) is 3. The van der Waals surface area contributed by atoms with Crippen molar-refractivity contribution in [3.05, 3.63) is 21.3 Å². The Hall–Kier alpha value is -1.27. The van der Waals surface area contributed by atoms with Crippen molar-refractivity contribution in [2.45, 2.75) is 32.4 Å². The van der Waals surface area contributed by atoms with Gasteiger partial charge in [0, 0.05) is 11.9 Å². The lowest BCUT2D eigenvalue weighted by Gasteiger charge is -2.32. The summed E-state index contributed by atoms with van der Waals surface area (Å²) in [4.78, 5) is 25.2. The summed E-state index contributed by atoms with van der Waals surface area (Å²) in [5.74, 6) is -1.06. The average molecular weight is 305 g/mol. The standard InChI is InChI=1S/C12H17ClN2O3S/c1-7(8-5-6-9(13)19-8)14-11(18)15(4)12(2,3)10(16)17/h5-7H,1-4H3,(H,14,18)(H,16,17). The van der Waals surface area contributed by atoms with Crippen LogP contribution in [-0.2, 0) is 4.79 Å². The van der Waals surface area contributed by atoms with Gasteiger partial charge in [-0.15, -0.1) is 11.3 Å². The van der Waals surface area contributed by atoms with E-state index in [4.69, 9.17) is 16.7 Å². The number of carboxylic acids is 1. The first kappa shape index (κ1) is 15.8. The second-order valence-electron chi connectivity index (χ2n) is 4.74. The molecule has 2 amide bonds. The van der Waals surface area contributed by atoms with Crippen LogP contribution >= 0.6 is 22.9 Å². The van der Waals surface area contributed by atoms with Gasteiger partial charge in [0.15, 0.2) is 0 Å². The minimum atomic E-state index is -1.27. The van der Waals surface area contributed by atoms with E-state index < -0.39 is 17.5 Å². The van der Waals surface area contributed by atoms with Crippen LogP contribution in [0.15, 0.2) is 12.1 Å². The van der Waals surface area contributed by atoms with E-state index in [1.165, 1.54) is 37.1 Å². The molecule has 1 atom stereocenters. The monoisotopic (exact) mass is 304 g/mol. The number of thiophene rings is 1. The predicted molar refractivity (Wildman–Crippen MR) is 75.8 cm³/mol. The zero-order valence-electron chi connectivity index (χ0n) is 11.2. The zero-order valence-corrected chi connectivity index (χ0v) is 12.8. The van der Waals surface area contributed by atoms with Gasteiger partial charge in [0.1, 0.15) is 5.54 Å². The highest BCUT2D eigenvalue weighted by atomic mass is 35.5. The number of amides is 2. The first-order valence-electron chi connectivity index (χ1n) is 5.69. The summed E-state index contributed by atoms with van der Waals surface area (Å²) in [5, 5.41) is 11.8. The largest absolute Gasteiger partial charge is 0.480 e. The van der Waals surface area contributed by atoms with Crippen molar-refractivity contribution in [3.8, 4) is 0 Å². The molecule has 0 saturated carbocycles. The van der Waals surface area contributed by atoms with Gasteiger partial charge in [0.2, 0.25) is 0 Å². The van der Waals surface area contributed by atoms with Crippen LogP contribution in [0.3, 0.4) is 0 Å². The van der Waals surface area contributed by atoms with Crippen LogP contribution in [-0.4, -0.2) is 34.6 Å². The molecule has 19 heavy (non-hydrogen) atoms. The maximum Gasteiger partial charge on any atom is 0.329 e. The third-order valence-electron chi connectivity index (χ3n) is 3.03. The fourth-order valence-electron chi connectivity index (χ4n) is 1.31. The Balaban J connectivity index is 2.72. The third-order valence-corrected chi connectivity index (χ3v) is 4.44. The smallest absolute Gasteiger partial charge is 0.329 e. The van der Waals surface area contributed by atoms with Crippen LogP contribution in [0.1, 0.15) is 31.7 Å². The molecule has 1 aromatic rings. The zero-order chi connectivity index (χ0) is 14.8. The number of nitrogens with zero attached hydrogens (tertiary/aromatic N) is 1. The Labute approximate surface area is 121 Å². The van der Waals surface area contributed by atoms with Crippen LogP contribution < -0.4 is 5.32 Å². The van der Waals surface area contributed by atoms with E-state index in [2.05, 4.69) is 5.32 Å². The summed E-state index contributed by atoms with van der Waals surface area (Å²) in [6, 6.07) is 2.93. The fraction of sp³-hybridized carbons (Fsp3) is 0.500. The Morgan fingerprint density at radius 3 is 2.47 bits per heavy atom. The SMILES string of the molecule is CC(NC(=O)N(C)C(C)(C)C(=O)O)c1ccc(Cl)s1. The molecule has 0 aromatic carbocycles. The third kappa shape index (κ3) is 3.61. The topological polar surface area (TPSA) is 69.6 Å². The van der Waals surface area contributed by atoms with E-state index in [1.54, 1.807) is 6.07 Å². The maximum absolute atomic E-state index is 12.0. The number of urea groups is 1. The molecule has 0 saturated heterocycles. The quantitative estimate of drug-likeness (QED) is 0.898. The van der Waals surface area contributed by atoms with Gasteiger partial charge < -0.3 is 15.3 Å². The number of hydrogen-bond donors (Lipinski definition) is 2. The van der Waals surface area contributed by atoms with E-state index in [1.807, 2.05) is 13.0 Å². The van der Waals surface area contributed by atoms with Crippen molar-refractivity contribution in [2.24, 2.45) is 0 Å². The molecule has 5 nitrogen and oxygen atoms in total. The molecular formula is C12H17ClN2O3S. The average Bonchev–Trinajstić information content (AvgIpc) is 2.74. The van der Waals surface area contributed by atoms with Gasteiger partial charge in [-0.25, -0.2) is 9.59 Å². The second-order valence-corrected chi connectivity index (χ2v) is 6.48. The molecular weight excluding hydrogens is 288 g/mol. The molecule has 1 unspecified atom stereocenters. The molecule has 0 aliphatic heterocycles. The van der Waals surface area contributed by atoms with E-state index in [-0.39, 0.29) is 6.04 Å². The Bertz CT molecular complexity index is 487. The molecule has 1 rings (SSSR count). The molecule has 0 aliphatic carbocycles. The summed E-state index contributed by atoms with van der Waals surface area (Å²) in [6.45, 7) is 4.77. The molecule has 1 aromatic heterocycles. The lowest BCUT2D eigenvalue weighted by molar-refractivity contribution is -0.146. The van der Waals surface area contributed by atoms with Gasteiger partial charge in [0.05, 0.1) is 10.4 Å². The van der Waals surface area contributed by atoms with E-state index in [0.29, 0.717) is 4.34 Å². The Morgan fingerprint density at radius 1 is 1.47 bits per heavy atom. The second kappa shape index (κ2) is 5.79. The molecule has 0 bridgehead atoms. The number of rotatable bonds is 4. The van der Waals surface area contributed by atoms with Crippen molar-refractivity contribution in [1.82, 2.24) is 10.2 Å². The first-order valence-corrected chi connectivity index (χ1v) is 6.88.